The van der Waals surface area contributed by atoms with Crippen LogP contribution >= 0.6 is 11.6 Å². The molecule has 2 aliphatic carbocycles. The lowest BCUT2D eigenvalue weighted by Gasteiger charge is -2.24. The van der Waals surface area contributed by atoms with Gasteiger partial charge in [0.15, 0.2) is 11.5 Å². The maximum Gasteiger partial charge on any atom is 0.179 e. The molecule has 0 aromatic heterocycles. The molecule has 0 radical (unpaired) electrons. The monoisotopic (exact) mass is 293 g/mol. The molecular formula is C16H20ClNO2. The summed E-state index contributed by atoms with van der Waals surface area (Å²) < 4.78 is 11.2. The van der Waals surface area contributed by atoms with Crippen molar-refractivity contribution >= 4 is 11.6 Å². The first kappa shape index (κ1) is 12.8. The molecular weight excluding hydrogens is 274 g/mol. The van der Waals surface area contributed by atoms with Gasteiger partial charge in [0, 0.05) is 12.6 Å². The molecule has 108 valence electrons. The fourth-order valence-electron chi connectivity index (χ4n) is 4.01. The van der Waals surface area contributed by atoms with E-state index >= 15 is 0 Å². The van der Waals surface area contributed by atoms with Crippen molar-refractivity contribution in [2.45, 2.75) is 38.3 Å². The second-order valence-corrected chi connectivity index (χ2v) is 6.67. The Balaban J connectivity index is 1.45. The van der Waals surface area contributed by atoms with Crippen LogP contribution in [0.4, 0.5) is 0 Å². The molecule has 2 saturated carbocycles. The molecule has 1 N–H and O–H groups in total. The van der Waals surface area contributed by atoms with E-state index in [2.05, 4.69) is 11.4 Å². The predicted molar refractivity (Wildman–Crippen MR) is 78.5 cm³/mol. The Morgan fingerprint density at radius 2 is 2.05 bits per heavy atom. The van der Waals surface area contributed by atoms with Crippen LogP contribution < -0.4 is 14.8 Å². The Bertz CT molecular complexity index is 519. The highest BCUT2D eigenvalue weighted by atomic mass is 35.5. The van der Waals surface area contributed by atoms with E-state index in [-0.39, 0.29) is 0 Å². The van der Waals surface area contributed by atoms with Crippen molar-refractivity contribution in [1.29, 1.82) is 0 Å². The molecule has 0 amide bonds. The molecule has 20 heavy (non-hydrogen) atoms. The minimum Gasteiger partial charge on any atom is -0.486 e. The highest BCUT2D eigenvalue weighted by Gasteiger charge is 2.39. The maximum absolute atomic E-state index is 6.27. The van der Waals surface area contributed by atoms with Crippen molar-refractivity contribution in [2.75, 3.05) is 13.2 Å². The Labute approximate surface area is 124 Å². The largest absolute Gasteiger partial charge is 0.486 e. The van der Waals surface area contributed by atoms with E-state index in [0.717, 1.165) is 24.1 Å². The zero-order chi connectivity index (χ0) is 13.5. The van der Waals surface area contributed by atoms with Crippen LogP contribution in [0.3, 0.4) is 0 Å². The summed E-state index contributed by atoms with van der Waals surface area (Å²) in [6.45, 7) is 2.05. The summed E-state index contributed by atoms with van der Waals surface area (Å²) >= 11 is 6.27. The minimum absolute atomic E-state index is 0.579. The van der Waals surface area contributed by atoms with Crippen molar-refractivity contribution in [1.82, 2.24) is 5.32 Å². The van der Waals surface area contributed by atoms with Gasteiger partial charge in [-0.2, -0.15) is 0 Å². The van der Waals surface area contributed by atoms with Crippen molar-refractivity contribution in [3.63, 3.8) is 0 Å². The van der Waals surface area contributed by atoms with Crippen molar-refractivity contribution < 1.29 is 9.47 Å². The molecule has 4 heteroatoms. The first-order valence-electron chi connectivity index (χ1n) is 7.61. The summed E-state index contributed by atoms with van der Waals surface area (Å²) in [5.41, 5.74) is 1.18. The molecule has 3 aliphatic rings. The number of hydrogen-bond donors (Lipinski definition) is 1. The lowest BCUT2D eigenvalue weighted by Crippen LogP contribution is -2.33. The fourth-order valence-corrected chi connectivity index (χ4v) is 4.30. The minimum atomic E-state index is 0.579. The van der Waals surface area contributed by atoms with E-state index in [1.807, 2.05) is 6.07 Å². The van der Waals surface area contributed by atoms with Gasteiger partial charge in [-0.3, -0.25) is 0 Å². The molecule has 1 aromatic rings. The zero-order valence-electron chi connectivity index (χ0n) is 11.5. The summed E-state index contributed by atoms with van der Waals surface area (Å²) in [5.74, 6) is 3.35. The van der Waals surface area contributed by atoms with E-state index in [4.69, 9.17) is 21.1 Å². The van der Waals surface area contributed by atoms with Crippen LogP contribution in [0.1, 0.15) is 31.2 Å². The molecule has 1 heterocycles. The molecule has 0 spiro atoms. The third kappa shape index (κ3) is 2.27. The van der Waals surface area contributed by atoms with Crippen LogP contribution in [0.15, 0.2) is 12.1 Å². The van der Waals surface area contributed by atoms with Gasteiger partial charge in [0.25, 0.3) is 0 Å². The van der Waals surface area contributed by atoms with Gasteiger partial charge in [-0.05, 0) is 48.8 Å². The quantitative estimate of drug-likeness (QED) is 0.927. The first-order valence-corrected chi connectivity index (χ1v) is 7.99. The molecule has 3 atom stereocenters. The molecule has 4 rings (SSSR count). The Morgan fingerprint density at radius 3 is 2.85 bits per heavy atom. The van der Waals surface area contributed by atoms with E-state index in [1.165, 1.54) is 31.2 Å². The van der Waals surface area contributed by atoms with E-state index in [0.29, 0.717) is 30.0 Å². The van der Waals surface area contributed by atoms with Gasteiger partial charge in [-0.1, -0.05) is 18.0 Å². The molecule has 3 nitrogen and oxygen atoms in total. The predicted octanol–water partition coefficient (Wildman–Crippen LogP) is 3.39. The van der Waals surface area contributed by atoms with Crippen LogP contribution in [0.2, 0.25) is 5.02 Å². The summed E-state index contributed by atoms with van der Waals surface area (Å²) in [4.78, 5) is 0. The molecule has 1 aromatic carbocycles. The van der Waals surface area contributed by atoms with Gasteiger partial charge in [0.05, 0.1) is 5.02 Å². The smallest absolute Gasteiger partial charge is 0.179 e. The standard InChI is InChI=1S/C16H20ClNO2/c17-13-6-11(8-15-16(13)20-4-3-19-15)9-18-14-7-10-1-2-12(14)5-10/h6,8,10,12,14,18H,1-5,7,9H2. The normalized spacial score (nSPS) is 30.8. The summed E-state index contributed by atoms with van der Waals surface area (Å²) in [7, 11) is 0. The molecule has 3 unspecified atom stereocenters. The fraction of sp³-hybridized carbons (Fsp3) is 0.625. The third-order valence-corrected chi connectivity index (χ3v) is 5.24. The molecule has 1 aliphatic heterocycles. The topological polar surface area (TPSA) is 30.5 Å². The van der Waals surface area contributed by atoms with Crippen LogP contribution in [0.25, 0.3) is 0 Å². The second kappa shape index (κ2) is 5.12. The third-order valence-electron chi connectivity index (χ3n) is 4.96. The Kier molecular flexibility index (Phi) is 3.27. The number of rotatable bonds is 3. The number of ether oxygens (including phenoxy) is 2. The highest BCUT2D eigenvalue weighted by molar-refractivity contribution is 6.32. The van der Waals surface area contributed by atoms with Crippen molar-refractivity contribution in [2.24, 2.45) is 11.8 Å². The van der Waals surface area contributed by atoms with E-state index in [9.17, 15) is 0 Å². The Morgan fingerprint density at radius 1 is 1.15 bits per heavy atom. The summed E-state index contributed by atoms with van der Waals surface area (Å²) in [6, 6.07) is 4.75. The van der Waals surface area contributed by atoms with Gasteiger partial charge in [-0.25, -0.2) is 0 Å². The van der Waals surface area contributed by atoms with Gasteiger partial charge < -0.3 is 14.8 Å². The number of hydrogen-bond acceptors (Lipinski definition) is 3. The second-order valence-electron chi connectivity index (χ2n) is 6.26. The first-order chi connectivity index (χ1) is 9.79. The zero-order valence-corrected chi connectivity index (χ0v) is 12.3. The van der Waals surface area contributed by atoms with Crippen molar-refractivity contribution in [3.8, 4) is 11.5 Å². The maximum atomic E-state index is 6.27. The van der Waals surface area contributed by atoms with Gasteiger partial charge in [-0.15, -0.1) is 0 Å². The van der Waals surface area contributed by atoms with Crippen LogP contribution in [0, 0.1) is 11.8 Å². The summed E-state index contributed by atoms with van der Waals surface area (Å²) in [6.07, 6.45) is 5.63. The molecule has 0 saturated heterocycles. The van der Waals surface area contributed by atoms with Gasteiger partial charge in [0.2, 0.25) is 0 Å². The van der Waals surface area contributed by atoms with Crippen LogP contribution in [-0.2, 0) is 6.54 Å². The van der Waals surface area contributed by atoms with Gasteiger partial charge >= 0.3 is 0 Å². The highest BCUT2D eigenvalue weighted by Crippen LogP contribution is 2.44. The summed E-state index contributed by atoms with van der Waals surface area (Å²) in [5, 5.41) is 4.37. The number of fused-ring (bicyclic) bond motifs is 3. The van der Waals surface area contributed by atoms with Crippen molar-refractivity contribution in [3.05, 3.63) is 22.7 Å². The average Bonchev–Trinajstić information content (AvgIpc) is 3.08. The Hall–Kier alpha value is -0.930. The number of halogens is 1. The number of nitrogens with one attached hydrogen (secondary N) is 1. The van der Waals surface area contributed by atoms with Gasteiger partial charge in [0.1, 0.15) is 13.2 Å². The molecule has 2 bridgehead atoms. The lowest BCUT2D eigenvalue weighted by atomic mass is 9.95. The molecule has 2 fully saturated rings. The van der Waals surface area contributed by atoms with E-state index < -0.39 is 0 Å². The average molecular weight is 294 g/mol. The number of benzene rings is 1. The van der Waals surface area contributed by atoms with Crippen LogP contribution in [0.5, 0.6) is 11.5 Å². The van der Waals surface area contributed by atoms with E-state index in [1.54, 1.807) is 0 Å². The lowest BCUT2D eigenvalue weighted by molar-refractivity contribution is 0.171. The van der Waals surface area contributed by atoms with Crippen LogP contribution in [-0.4, -0.2) is 19.3 Å². The SMILES string of the molecule is Clc1cc(CNC2CC3CCC2C3)cc2c1OCCO2.